The molecule has 2 atom stereocenters. The fraction of sp³-hybridized carbons (Fsp3) is 0.667. The Morgan fingerprint density at radius 1 is 0.667 bits per heavy atom. The van der Waals surface area contributed by atoms with E-state index in [-0.39, 0.29) is 0 Å². The van der Waals surface area contributed by atoms with Crippen LogP contribution >= 0.6 is 0 Å². The number of rotatable bonds is 0. The van der Waals surface area contributed by atoms with Gasteiger partial charge in [-0.15, -0.1) is 0 Å². The Hall–Kier alpha value is -0.520. The van der Waals surface area contributed by atoms with Gasteiger partial charge in [-0.25, -0.2) is 0 Å². The molecular formula is C12H16. The number of allylic oxidation sites excluding steroid dienone is 4. The molecule has 3 aliphatic rings. The molecule has 0 radical (unpaired) electrons. The molecule has 3 rings (SSSR count). The summed E-state index contributed by atoms with van der Waals surface area (Å²) in [6.07, 6.45) is 18.2. The number of hydrogen-bond acceptors (Lipinski definition) is 0. The average Bonchev–Trinajstić information content (AvgIpc) is 2.09. The molecule has 0 aromatic heterocycles. The van der Waals surface area contributed by atoms with E-state index in [2.05, 4.69) is 24.3 Å². The van der Waals surface area contributed by atoms with E-state index in [4.69, 9.17) is 0 Å². The molecule has 2 fully saturated rings. The van der Waals surface area contributed by atoms with Crippen molar-refractivity contribution < 1.29 is 0 Å². The van der Waals surface area contributed by atoms with Crippen molar-refractivity contribution in [2.24, 2.45) is 10.8 Å². The Labute approximate surface area is 74.4 Å². The highest BCUT2D eigenvalue weighted by Gasteiger charge is 2.56. The fourth-order valence-electron chi connectivity index (χ4n) is 3.54. The van der Waals surface area contributed by atoms with Crippen LogP contribution in [0.5, 0.6) is 0 Å². The summed E-state index contributed by atoms with van der Waals surface area (Å²) in [6, 6.07) is 0. The lowest BCUT2D eigenvalue weighted by Gasteiger charge is -2.61. The Balaban J connectivity index is 2.04. The molecule has 0 aromatic carbocycles. The predicted molar refractivity (Wildman–Crippen MR) is 50.8 cm³/mol. The third-order valence-corrected chi connectivity index (χ3v) is 4.45. The first-order valence-corrected chi connectivity index (χ1v) is 5.24. The largest absolute Gasteiger partial charge is 0.0775 e. The quantitative estimate of drug-likeness (QED) is 0.509. The van der Waals surface area contributed by atoms with Gasteiger partial charge >= 0.3 is 0 Å². The number of hydrogen-bond donors (Lipinski definition) is 0. The second-order valence-electron chi connectivity index (χ2n) is 4.74. The van der Waals surface area contributed by atoms with E-state index in [0.29, 0.717) is 10.8 Å². The summed E-state index contributed by atoms with van der Waals surface area (Å²) in [7, 11) is 0. The standard InChI is InChI=1S/C12H16/c1-2-6-12-8-4-3-7-11(12,5-1)9-10-12/h1-2,5-6H,3-4,7-10H2. The zero-order chi connectivity index (χ0) is 8.07. The van der Waals surface area contributed by atoms with Crippen molar-refractivity contribution in [3.63, 3.8) is 0 Å². The normalized spacial score (nSPS) is 49.3. The van der Waals surface area contributed by atoms with Gasteiger partial charge in [-0.1, -0.05) is 37.1 Å². The molecule has 3 aliphatic carbocycles. The molecule has 64 valence electrons. The van der Waals surface area contributed by atoms with Gasteiger partial charge in [-0.05, 0) is 36.5 Å². The molecule has 0 bridgehead atoms. The SMILES string of the molecule is C1=CC23CCCCC2(C=C1)CC3. The van der Waals surface area contributed by atoms with Gasteiger partial charge < -0.3 is 0 Å². The van der Waals surface area contributed by atoms with Crippen LogP contribution in [0.2, 0.25) is 0 Å². The van der Waals surface area contributed by atoms with Crippen LogP contribution in [0.4, 0.5) is 0 Å². The van der Waals surface area contributed by atoms with E-state index >= 15 is 0 Å². The van der Waals surface area contributed by atoms with Crippen LogP contribution in [0, 0.1) is 10.8 Å². The summed E-state index contributed by atoms with van der Waals surface area (Å²) in [6.45, 7) is 0. The van der Waals surface area contributed by atoms with Gasteiger partial charge in [0, 0.05) is 0 Å². The molecule has 0 spiro atoms. The van der Waals surface area contributed by atoms with Crippen molar-refractivity contribution in [2.75, 3.05) is 0 Å². The zero-order valence-electron chi connectivity index (χ0n) is 7.55. The van der Waals surface area contributed by atoms with Crippen molar-refractivity contribution in [3.05, 3.63) is 24.3 Å². The van der Waals surface area contributed by atoms with Crippen LogP contribution in [-0.4, -0.2) is 0 Å². The molecule has 2 unspecified atom stereocenters. The highest BCUT2D eigenvalue weighted by molar-refractivity contribution is 5.31. The first-order valence-electron chi connectivity index (χ1n) is 5.24. The lowest BCUT2D eigenvalue weighted by Crippen LogP contribution is -2.51. The summed E-state index contributed by atoms with van der Waals surface area (Å²) in [5.74, 6) is 0. The summed E-state index contributed by atoms with van der Waals surface area (Å²) < 4.78 is 0. The van der Waals surface area contributed by atoms with Gasteiger partial charge in [0.2, 0.25) is 0 Å². The Morgan fingerprint density at radius 3 is 1.58 bits per heavy atom. The molecular weight excluding hydrogens is 144 g/mol. The van der Waals surface area contributed by atoms with Crippen molar-refractivity contribution in [1.82, 2.24) is 0 Å². The summed E-state index contributed by atoms with van der Waals surface area (Å²) >= 11 is 0. The molecule has 12 heavy (non-hydrogen) atoms. The minimum atomic E-state index is 0.625. The van der Waals surface area contributed by atoms with Crippen LogP contribution in [-0.2, 0) is 0 Å². The summed E-state index contributed by atoms with van der Waals surface area (Å²) in [5.41, 5.74) is 1.25. The molecule has 0 amide bonds. The molecule has 0 nitrogen and oxygen atoms in total. The molecule has 0 N–H and O–H groups in total. The van der Waals surface area contributed by atoms with Crippen LogP contribution in [0.15, 0.2) is 24.3 Å². The molecule has 0 aliphatic heterocycles. The van der Waals surface area contributed by atoms with E-state index in [9.17, 15) is 0 Å². The predicted octanol–water partition coefficient (Wildman–Crippen LogP) is 3.45. The average molecular weight is 160 g/mol. The van der Waals surface area contributed by atoms with Crippen molar-refractivity contribution in [2.45, 2.75) is 38.5 Å². The minimum Gasteiger partial charge on any atom is -0.0775 e. The molecule has 2 saturated carbocycles. The maximum Gasteiger partial charge on any atom is -0.00238 e. The molecule has 0 heterocycles. The minimum absolute atomic E-state index is 0.625. The first kappa shape index (κ1) is 6.94. The zero-order valence-corrected chi connectivity index (χ0v) is 7.55. The van der Waals surface area contributed by atoms with E-state index < -0.39 is 0 Å². The summed E-state index contributed by atoms with van der Waals surface area (Å²) in [5, 5.41) is 0. The van der Waals surface area contributed by atoms with Gasteiger partial charge in [0.25, 0.3) is 0 Å². The van der Waals surface area contributed by atoms with Gasteiger partial charge in [-0.3, -0.25) is 0 Å². The van der Waals surface area contributed by atoms with E-state index in [0.717, 1.165) is 0 Å². The third kappa shape index (κ3) is 0.608. The highest BCUT2D eigenvalue weighted by Crippen LogP contribution is 2.67. The second-order valence-corrected chi connectivity index (χ2v) is 4.74. The maximum atomic E-state index is 2.50. The molecule has 0 saturated heterocycles. The summed E-state index contributed by atoms with van der Waals surface area (Å²) in [4.78, 5) is 0. The topological polar surface area (TPSA) is 0 Å². The highest BCUT2D eigenvalue weighted by atomic mass is 14.6. The Bertz CT molecular complexity index is 233. The molecule has 0 heteroatoms. The first-order chi connectivity index (χ1) is 5.87. The van der Waals surface area contributed by atoms with E-state index in [1.54, 1.807) is 0 Å². The Kier molecular flexibility index (Phi) is 1.18. The van der Waals surface area contributed by atoms with Crippen molar-refractivity contribution in [1.29, 1.82) is 0 Å². The lowest BCUT2D eigenvalue weighted by atomic mass is 9.43. The monoisotopic (exact) mass is 160 g/mol. The third-order valence-electron chi connectivity index (χ3n) is 4.45. The van der Waals surface area contributed by atoms with Crippen molar-refractivity contribution in [3.8, 4) is 0 Å². The van der Waals surface area contributed by atoms with Gasteiger partial charge in [0.15, 0.2) is 0 Å². The van der Waals surface area contributed by atoms with Crippen LogP contribution < -0.4 is 0 Å². The lowest BCUT2D eigenvalue weighted by molar-refractivity contribution is -0.0388. The van der Waals surface area contributed by atoms with E-state index in [1.165, 1.54) is 38.5 Å². The van der Waals surface area contributed by atoms with Gasteiger partial charge in [0.1, 0.15) is 0 Å². The second kappa shape index (κ2) is 2.04. The van der Waals surface area contributed by atoms with Gasteiger partial charge in [0.05, 0.1) is 0 Å². The van der Waals surface area contributed by atoms with Crippen LogP contribution in [0.25, 0.3) is 0 Å². The van der Waals surface area contributed by atoms with Crippen molar-refractivity contribution >= 4 is 0 Å². The Morgan fingerprint density at radius 2 is 1.17 bits per heavy atom. The van der Waals surface area contributed by atoms with E-state index in [1.807, 2.05) is 0 Å². The smallest absolute Gasteiger partial charge is 0.00238 e. The maximum absolute atomic E-state index is 2.50. The molecule has 0 aromatic rings. The van der Waals surface area contributed by atoms with Gasteiger partial charge in [-0.2, -0.15) is 0 Å². The fourth-order valence-corrected chi connectivity index (χ4v) is 3.54. The van der Waals surface area contributed by atoms with Crippen LogP contribution in [0.1, 0.15) is 38.5 Å². The van der Waals surface area contributed by atoms with Crippen LogP contribution in [0.3, 0.4) is 0 Å².